The number of pyridine rings is 2. The van der Waals surface area contributed by atoms with Gasteiger partial charge in [0.1, 0.15) is 21.7 Å². The summed E-state index contributed by atoms with van der Waals surface area (Å²) in [6, 6.07) is 6.67. The Hall–Kier alpha value is -2.67. The van der Waals surface area contributed by atoms with Gasteiger partial charge < -0.3 is 10.4 Å². The van der Waals surface area contributed by atoms with Gasteiger partial charge in [-0.25, -0.2) is 22.5 Å². The number of sulfonamides is 1. The van der Waals surface area contributed by atoms with Crippen molar-refractivity contribution < 1.29 is 27.5 Å². The lowest BCUT2D eigenvalue weighted by atomic mass is 10.1. The molecule has 0 aliphatic carbocycles. The van der Waals surface area contributed by atoms with Crippen molar-refractivity contribution >= 4 is 60.1 Å². The van der Waals surface area contributed by atoms with Crippen LogP contribution in [0, 0.1) is 5.82 Å². The van der Waals surface area contributed by atoms with Crippen molar-refractivity contribution in [3.63, 3.8) is 0 Å². The maximum absolute atomic E-state index is 13.3. The number of hydrogen-bond donors (Lipinski definition) is 3. The summed E-state index contributed by atoms with van der Waals surface area (Å²) in [5.74, 6) is -1.38. The Morgan fingerprint density at radius 1 is 1.33 bits per heavy atom. The Morgan fingerprint density at radius 3 is 2.67 bits per heavy atom. The summed E-state index contributed by atoms with van der Waals surface area (Å²) < 4.78 is 37.8. The monoisotopic (exact) mass is 600 g/mol. The van der Waals surface area contributed by atoms with Gasteiger partial charge in [0.05, 0.1) is 22.9 Å². The van der Waals surface area contributed by atoms with Gasteiger partial charge >= 0.3 is 0 Å². The van der Waals surface area contributed by atoms with Crippen LogP contribution in [0.3, 0.4) is 0 Å². The van der Waals surface area contributed by atoms with Crippen LogP contribution >= 0.6 is 27.5 Å². The van der Waals surface area contributed by atoms with Crippen molar-refractivity contribution in [3.8, 4) is 5.75 Å². The number of aromatic hydroxyl groups is 1. The molecule has 0 saturated carbocycles. The van der Waals surface area contributed by atoms with Gasteiger partial charge in [-0.2, -0.15) is 0 Å². The molecule has 1 fully saturated rings. The Kier molecular flexibility index (Phi) is 8.98. The van der Waals surface area contributed by atoms with E-state index in [1.165, 1.54) is 31.3 Å². The van der Waals surface area contributed by atoms with Gasteiger partial charge in [-0.3, -0.25) is 14.6 Å². The zero-order valence-electron chi connectivity index (χ0n) is 19.3. The minimum absolute atomic E-state index is 0.0304. The van der Waals surface area contributed by atoms with E-state index in [0.29, 0.717) is 28.4 Å². The number of benzene rings is 1. The summed E-state index contributed by atoms with van der Waals surface area (Å²) in [6.07, 6.45) is 2.73. The Balaban J connectivity index is 0.000000275. The van der Waals surface area contributed by atoms with Crippen molar-refractivity contribution in [1.29, 1.82) is 0 Å². The summed E-state index contributed by atoms with van der Waals surface area (Å²) in [6.45, 7) is 3.12. The average Bonchev–Trinajstić information content (AvgIpc) is 2.82. The summed E-state index contributed by atoms with van der Waals surface area (Å²) in [4.78, 5) is 31.5. The van der Waals surface area contributed by atoms with E-state index in [1.54, 1.807) is 19.1 Å². The Labute approximate surface area is 220 Å². The molecular formula is C23H23BrClFN4O5S. The Morgan fingerprint density at radius 2 is 2.06 bits per heavy atom. The molecule has 3 N–H and O–H groups in total. The van der Waals surface area contributed by atoms with Crippen LogP contribution in [0.4, 0.5) is 4.39 Å². The molecule has 0 radical (unpaired) electrons. The highest BCUT2D eigenvalue weighted by Crippen LogP contribution is 2.31. The number of Topliss-reactive ketones (excluding diaryl/α,β-unsaturated/α-hetero) is 1. The number of halogens is 3. The zero-order chi connectivity index (χ0) is 26.6. The smallest absolute Gasteiger partial charge is 0.274 e. The number of ketones is 1. The third-order valence-electron chi connectivity index (χ3n) is 5.41. The van der Waals surface area contributed by atoms with Crippen molar-refractivity contribution in [2.24, 2.45) is 0 Å². The van der Waals surface area contributed by atoms with E-state index in [4.69, 9.17) is 11.6 Å². The fourth-order valence-electron chi connectivity index (χ4n) is 3.47. The second-order valence-electron chi connectivity index (χ2n) is 8.11. The molecular weight excluding hydrogens is 579 g/mol. The summed E-state index contributed by atoms with van der Waals surface area (Å²) in [5.41, 5.74) is 0.738. The Bertz CT molecular complexity index is 1420. The molecule has 1 aliphatic heterocycles. The summed E-state index contributed by atoms with van der Waals surface area (Å²) >= 11 is 9.05. The molecule has 3 heterocycles. The van der Waals surface area contributed by atoms with Crippen LogP contribution in [0.15, 0.2) is 41.1 Å². The molecule has 1 amide bonds. The van der Waals surface area contributed by atoms with Crippen LogP contribution < -0.4 is 10.0 Å². The first-order chi connectivity index (χ1) is 16.9. The minimum Gasteiger partial charge on any atom is -0.504 e. The standard InChI is InChI=1S/C17H12BrClFN3O2.C6H11NO3S/c1-8(9-4-5-12(20)11(19)7-9)22-17(25)14-15(24)13-10(16(18)23-14)3-2-6-21-13;1-5(8)6-3-2-4-11(9,10)7-6/h2-8,24H,1H3,(H,22,25);6-7H,2-4H2,1H3. The lowest BCUT2D eigenvalue weighted by molar-refractivity contribution is -0.118. The average molecular weight is 602 g/mol. The molecule has 36 heavy (non-hydrogen) atoms. The van der Waals surface area contributed by atoms with Crippen LogP contribution in [-0.4, -0.2) is 47.0 Å². The molecule has 2 aromatic heterocycles. The minimum atomic E-state index is -3.15. The van der Waals surface area contributed by atoms with E-state index >= 15 is 0 Å². The van der Waals surface area contributed by atoms with Gasteiger partial charge in [-0.15, -0.1) is 0 Å². The highest BCUT2D eigenvalue weighted by molar-refractivity contribution is 9.10. The number of hydrogen-bond acceptors (Lipinski definition) is 7. The van der Waals surface area contributed by atoms with Crippen LogP contribution in [-0.2, 0) is 14.8 Å². The predicted octanol–water partition coefficient (Wildman–Crippen LogP) is 4.04. The first kappa shape index (κ1) is 27.9. The number of rotatable bonds is 4. The van der Waals surface area contributed by atoms with E-state index in [0.717, 1.165) is 0 Å². The van der Waals surface area contributed by atoms with Crippen molar-refractivity contribution in [3.05, 3.63) is 63.2 Å². The first-order valence-electron chi connectivity index (χ1n) is 10.8. The summed E-state index contributed by atoms with van der Waals surface area (Å²) in [7, 11) is -3.15. The van der Waals surface area contributed by atoms with Gasteiger partial charge in [0, 0.05) is 11.6 Å². The van der Waals surface area contributed by atoms with Crippen molar-refractivity contribution in [2.45, 2.75) is 38.8 Å². The van der Waals surface area contributed by atoms with E-state index in [-0.39, 0.29) is 33.5 Å². The van der Waals surface area contributed by atoms with Crippen LogP contribution in [0.5, 0.6) is 5.75 Å². The highest BCUT2D eigenvalue weighted by atomic mass is 79.9. The van der Waals surface area contributed by atoms with E-state index in [9.17, 15) is 27.5 Å². The second kappa shape index (κ2) is 11.6. The maximum Gasteiger partial charge on any atom is 0.274 e. The van der Waals surface area contributed by atoms with Crippen LogP contribution in [0.25, 0.3) is 10.9 Å². The molecule has 0 spiro atoms. The van der Waals surface area contributed by atoms with E-state index < -0.39 is 33.8 Å². The van der Waals surface area contributed by atoms with E-state index in [2.05, 4.69) is 35.9 Å². The first-order valence-corrected chi connectivity index (χ1v) is 13.6. The number of carbonyl (C=O) groups is 2. The van der Waals surface area contributed by atoms with Gasteiger partial charge in [-0.1, -0.05) is 17.7 Å². The van der Waals surface area contributed by atoms with Gasteiger partial charge in [0.15, 0.2) is 11.4 Å². The molecule has 4 rings (SSSR count). The summed E-state index contributed by atoms with van der Waals surface area (Å²) in [5, 5.41) is 13.6. The molecule has 2 atom stereocenters. The molecule has 2 unspecified atom stereocenters. The molecule has 3 aromatic rings. The van der Waals surface area contributed by atoms with E-state index in [1.807, 2.05) is 0 Å². The predicted molar refractivity (Wildman–Crippen MR) is 137 cm³/mol. The van der Waals surface area contributed by atoms with Gasteiger partial charge in [0.25, 0.3) is 5.91 Å². The number of nitrogens with zero attached hydrogens (tertiary/aromatic N) is 2. The third kappa shape index (κ3) is 6.75. The maximum atomic E-state index is 13.3. The molecule has 0 bridgehead atoms. The SMILES string of the molecule is CC(=O)C1CCCS(=O)(=O)N1.CC(NC(=O)c1nc(Br)c2cccnc2c1O)c1ccc(F)c(Cl)c1. The number of carbonyl (C=O) groups excluding carboxylic acids is 2. The van der Waals surface area contributed by atoms with Crippen LogP contribution in [0.2, 0.25) is 5.02 Å². The third-order valence-corrected chi connectivity index (χ3v) is 7.78. The lowest BCUT2D eigenvalue weighted by Crippen LogP contribution is -2.44. The zero-order valence-corrected chi connectivity index (χ0v) is 22.4. The van der Waals surface area contributed by atoms with Gasteiger partial charge in [-0.05, 0) is 72.4 Å². The lowest BCUT2D eigenvalue weighted by Gasteiger charge is -2.20. The molecule has 13 heteroatoms. The number of nitrogens with one attached hydrogen (secondary N) is 2. The quantitative estimate of drug-likeness (QED) is 0.384. The normalized spacial score (nSPS) is 17.5. The second-order valence-corrected chi connectivity index (χ2v) is 11.1. The van der Waals surface area contributed by atoms with Crippen LogP contribution in [0.1, 0.15) is 48.8 Å². The number of fused-ring (bicyclic) bond motifs is 1. The van der Waals surface area contributed by atoms with Crippen molar-refractivity contribution in [1.82, 2.24) is 20.0 Å². The fourth-order valence-corrected chi connectivity index (χ4v) is 5.54. The van der Waals surface area contributed by atoms with Crippen molar-refractivity contribution in [2.75, 3.05) is 5.75 Å². The highest BCUT2D eigenvalue weighted by Gasteiger charge is 2.26. The fraction of sp³-hybridized carbons (Fsp3) is 0.304. The largest absolute Gasteiger partial charge is 0.504 e. The molecule has 1 aromatic carbocycles. The van der Waals surface area contributed by atoms with Gasteiger partial charge in [0.2, 0.25) is 10.0 Å². The molecule has 1 aliphatic rings. The molecule has 192 valence electrons. The topological polar surface area (TPSA) is 138 Å². The number of amides is 1. The number of aromatic nitrogens is 2. The molecule has 9 nitrogen and oxygen atoms in total. The molecule has 1 saturated heterocycles.